The first-order valence-electron chi connectivity index (χ1n) is 8.75. The Balaban J connectivity index is 1.70. The number of carbonyl (C=O) groups excluding carboxylic acids is 1. The molecule has 2 heterocycles. The first-order chi connectivity index (χ1) is 12.8. The lowest BCUT2D eigenvalue weighted by molar-refractivity contribution is -0.122. The smallest absolute Gasteiger partial charge is 0.240 e. The number of hydrogen-bond donors (Lipinski definition) is 1. The van der Waals surface area contributed by atoms with Crippen molar-refractivity contribution in [1.82, 2.24) is 14.9 Å². The molecule has 7 nitrogen and oxygen atoms in total. The third-order valence-corrected chi connectivity index (χ3v) is 5.02. The fraction of sp³-hybridized carbons (Fsp3) is 0.368. The Kier molecular flexibility index (Phi) is 5.65. The molecule has 144 valence electrons. The van der Waals surface area contributed by atoms with Crippen LogP contribution in [0.5, 0.6) is 0 Å². The first kappa shape index (κ1) is 19.2. The van der Waals surface area contributed by atoms with Gasteiger partial charge < -0.3 is 14.3 Å². The average Bonchev–Trinajstić information content (AvgIpc) is 3.20. The minimum atomic E-state index is -3.27. The zero-order valence-corrected chi connectivity index (χ0v) is 16.2. The van der Waals surface area contributed by atoms with Gasteiger partial charge in [-0.15, -0.1) is 0 Å². The van der Waals surface area contributed by atoms with E-state index in [9.17, 15) is 13.2 Å². The molecule has 27 heavy (non-hydrogen) atoms. The first-order valence-corrected chi connectivity index (χ1v) is 10.8. The number of aromatic nitrogens is 2. The monoisotopic (exact) mass is 389 g/mol. The molecule has 0 aliphatic carbocycles. The van der Waals surface area contributed by atoms with Crippen LogP contribution < -0.4 is 5.32 Å². The number of para-hydroxylation sites is 2. The van der Waals surface area contributed by atoms with E-state index in [1.165, 1.54) is 0 Å². The summed E-state index contributed by atoms with van der Waals surface area (Å²) in [6.45, 7) is 1.96. The van der Waals surface area contributed by atoms with Crippen molar-refractivity contribution in [3.63, 3.8) is 0 Å². The number of nitrogens with zero attached hydrogens (tertiary/aromatic N) is 2. The molecular weight excluding hydrogens is 366 g/mol. The van der Waals surface area contributed by atoms with Crippen LogP contribution in [0.1, 0.15) is 24.9 Å². The lowest BCUT2D eigenvalue weighted by atomic mass is 10.1. The van der Waals surface area contributed by atoms with Gasteiger partial charge in [-0.2, -0.15) is 0 Å². The minimum absolute atomic E-state index is 0.0243. The van der Waals surface area contributed by atoms with E-state index in [1.807, 2.05) is 43.3 Å². The van der Waals surface area contributed by atoms with Gasteiger partial charge in [-0.05, 0) is 37.6 Å². The largest absolute Gasteiger partial charge is 0.469 e. The molecule has 0 bridgehead atoms. The molecule has 0 spiro atoms. The molecule has 1 unspecified atom stereocenters. The molecule has 3 rings (SSSR count). The van der Waals surface area contributed by atoms with Crippen LogP contribution >= 0.6 is 0 Å². The number of nitrogens with one attached hydrogen (secondary N) is 1. The highest BCUT2D eigenvalue weighted by atomic mass is 32.2. The Bertz CT molecular complexity index is 1020. The molecule has 3 aromatic rings. The summed E-state index contributed by atoms with van der Waals surface area (Å²) >= 11 is 0. The van der Waals surface area contributed by atoms with Crippen LogP contribution in [0.2, 0.25) is 0 Å². The van der Waals surface area contributed by atoms with E-state index in [2.05, 4.69) is 10.3 Å². The highest BCUT2D eigenvalue weighted by molar-refractivity contribution is 7.89. The van der Waals surface area contributed by atoms with Crippen molar-refractivity contribution < 1.29 is 17.6 Å². The van der Waals surface area contributed by atoms with Crippen LogP contribution in [-0.2, 0) is 33.4 Å². The van der Waals surface area contributed by atoms with E-state index in [4.69, 9.17) is 4.42 Å². The molecule has 8 heteroatoms. The van der Waals surface area contributed by atoms with Crippen LogP contribution in [-0.4, -0.2) is 36.2 Å². The second-order valence-electron chi connectivity index (χ2n) is 6.76. The second kappa shape index (κ2) is 7.96. The predicted octanol–water partition coefficient (Wildman–Crippen LogP) is 2.31. The van der Waals surface area contributed by atoms with Gasteiger partial charge in [0.1, 0.15) is 23.9 Å². The van der Waals surface area contributed by atoms with Gasteiger partial charge in [0, 0.05) is 18.7 Å². The van der Waals surface area contributed by atoms with E-state index < -0.39 is 9.84 Å². The van der Waals surface area contributed by atoms with E-state index in [0.717, 1.165) is 30.4 Å². The summed E-state index contributed by atoms with van der Waals surface area (Å²) in [7, 11) is -3.27. The SMILES string of the molecule is CC(CCc1ccco1)NC(=O)Cn1c(CS(C)(=O)=O)nc2ccccc21. The number of rotatable bonds is 8. The molecular formula is C19H23N3O4S. The minimum Gasteiger partial charge on any atom is -0.469 e. The third-order valence-electron chi connectivity index (χ3n) is 4.24. The van der Waals surface area contributed by atoms with Crippen LogP contribution in [0.4, 0.5) is 0 Å². The number of carbonyl (C=O) groups is 1. The number of benzene rings is 1. The highest BCUT2D eigenvalue weighted by Crippen LogP contribution is 2.17. The molecule has 1 amide bonds. The van der Waals surface area contributed by atoms with Gasteiger partial charge in [0.05, 0.1) is 17.3 Å². The van der Waals surface area contributed by atoms with Crippen molar-refractivity contribution >= 4 is 26.8 Å². The summed E-state index contributed by atoms with van der Waals surface area (Å²) < 4.78 is 30.4. The molecule has 2 aromatic heterocycles. The molecule has 0 fully saturated rings. The zero-order chi connectivity index (χ0) is 19.4. The Morgan fingerprint density at radius 3 is 2.74 bits per heavy atom. The molecule has 0 saturated heterocycles. The van der Waals surface area contributed by atoms with E-state index in [0.29, 0.717) is 11.3 Å². The van der Waals surface area contributed by atoms with Crippen molar-refractivity contribution in [2.24, 2.45) is 0 Å². The Morgan fingerprint density at radius 2 is 2.04 bits per heavy atom. The molecule has 0 saturated carbocycles. The normalized spacial score (nSPS) is 13.0. The zero-order valence-electron chi connectivity index (χ0n) is 15.4. The predicted molar refractivity (Wildman–Crippen MR) is 103 cm³/mol. The summed E-state index contributed by atoms with van der Waals surface area (Å²) in [5, 5.41) is 2.96. The van der Waals surface area contributed by atoms with Gasteiger partial charge >= 0.3 is 0 Å². The second-order valence-corrected chi connectivity index (χ2v) is 8.90. The van der Waals surface area contributed by atoms with Crippen LogP contribution in [0, 0.1) is 0 Å². The van der Waals surface area contributed by atoms with Gasteiger partial charge in [-0.25, -0.2) is 13.4 Å². The molecule has 0 radical (unpaired) electrons. The lowest BCUT2D eigenvalue weighted by Crippen LogP contribution is -2.35. The maximum absolute atomic E-state index is 12.5. The van der Waals surface area contributed by atoms with E-state index >= 15 is 0 Å². The molecule has 1 atom stereocenters. The summed E-state index contributed by atoms with van der Waals surface area (Å²) in [4.78, 5) is 16.9. The molecule has 1 N–H and O–H groups in total. The van der Waals surface area contributed by atoms with Crippen molar-refractivity contribution in [2.45, 2.75) is 38.1 Å². The molecule has 1 aromatic carbocycles. The Morgan fingerprint density at radius 1 is 1.26 bits per heavy atom. The van der Waals surface area contributed by atoms with Crippen molar-refractivity contribution in [2.75, 3.05) is 6.26 Å². The maximum Gasteiger partial charge on any atom is 0.240 e. The molecule has 0 aliphatic heterocycles. The number of fused-ring (bicyclic) bond motifs is 1. The van der Waals surface area contributed by atoms with Gasteiger partial charge in [0.15, 0.2) is 9.84 Å². The van der Waals surface area contributed by atoms with Gasteiger partial charge in [0.25, 0.3) is 0 Å². The fourth-order valence-corrected chi connectivity index (χ4v) is 3.69. The Hall–Kier alpha value is -2.61. The lowest BCUT2D eigenvalue weighted by Gasteiger charge is -2.15. The van der Waals surface area contributed by atoms with E-state index in [1.54, 1.807) is 10.8 Å². The van der Waals surface area contributed by atoms with Crippen LogP contribution in [0.15, 0.2) is 47.1 Å². The summed E-state index contributed by atoms with van der Waals surface area (Å²) in [6.07, 6.45) is 4.28. The van der Waals surface area contributed by atoms with Gasteiger partial charge in [0.2, 0.25) is 5.91 Å². The van der Waals surface area contributed by atoms with Crippen molar-refractivity contribution in [3.8, 4) is 0 Å². The summed E-state index contributed by atoms with van der Waals surface area (Å²) in [6, 6.07) is 11.0. The topological polar surface area (TPSA) is 94.2 Å². The number of imidazole rings is 1. The standard InChI is InChI=1S/C19H23N3O4S/c1-14(9-10-15-6-5-11-26-15)20-19(23)12-22-17-8-4-3-7-16(17)21-18(22)13-27(2,24)25/h3-8,11,14H,9-10,12-13H2,1-2H3,(H,20,23). The summed E-state index contributed by atoms with van der Waals surface area (Å²) in [5.41, 5.74) is 1.42. The van der Waals surface area contributed by atoms with Crippen LogP contribution in [0.25, 0.3) is 11.0 Å². The number of sulfone groups is 1. The maximum atomic E-state index is 12.5. The fourth-order valence-electron chi connectivity index (χ4n) is 3.00. The number of aryl methyl sites for hydroxylation is 1. The van der Waals surface area contributed by atoms with Gasteiger partial charge in [-0.1, -0.05) is 12.1 Å². The third kappa shape index (κ3) is 5.19. The average molecular weight is 389 g/mol. The molecule has 0 aliphatic rings. The Labute approximate surface area is 158 Å². The van der Waals surface area contributed by atoms with Crippen molar-refractivity contribution in [1.29, 1.82) is 0 Å². The van der Waals surface area contributed by atoms with Crippen molar-refractivity contribution in [3.05, 3.63) is 54.2 Å². The number of hydrogen-bond acceptors (Lipinski definition) is 5. The quantitative estimate of drug-likeness (QED) is 0.638. The number of amides is 1. The van der Waals surface area contributed by atoms with Crippen LogP contribution in [0.3, 0.4) is 0 Å². The number of furan rings is 1. The summed E-state index contributed by atoms with van der Waals surface area (Å²) in [5.74, 6) is 0.868. The van der Waals surface area contributed by atoms with E-state index in [-0.39, 0.29) is 24.2 Å². The van der Waals surface area contributed by atoms with Gasteiger partial charge in [-0.3, -0.25) is 4.79 Å². The highest BCUT2D eigenvalue weighted by Gasteiger charge is 2.18.